The highest BCUT2D eigenvalue weighted by Gasteiger charge is 2.49. The quantitative estimate of drug-likeness (QED) is 0.204. The lowest BCUT2D eigenvalue weighted by Gasteiger charge is -2.47. The third-order valence-electron chi connectivity index (χ3n) is 9.95. The van der Waals surface area contributed by atoms with E-state index in [4.69, 9.17) is 9.40 Å². The molecule has 5 aromatic carbocycles. The number of fused-ring (bicyclic) bond motifs is 5. The van der Waals surface area contributed by atoms with Crippen LogP contribution in [0, 0.1) is 0 Å². The van der Waals surface area contributed by atoms with E-state index in [-0.39, 0.29) is 5.41 Å². The molecule has 1 aliphatic rings. The van der Waals surface area contributed by atoms with Crippen LogP contribution in [0.5, 0.6) is 0 Å². The number of oxazole rings is 1. The summed E-state index contributed by atoms with van der Waals surface area (Å²) in [4.78, 5) is 9.54. The highest BCUT2D eigenvalue weighted by Crippen LogP contribution is 2.55. The molecule has 0 aliphatic heterocycles. The molecular formula is C42H31N3O. The van der Waals surface area contributed by atoms with Gasteiger partial charge in [-0.05, 0) is 70.3 Å². The van der Waals surface area contributed by atoms with E-state index in [1.807, 2.05) is 18.3 Å². The van der Waals surface area contributed by atoms with Crippen molar-refractivity contribution < 1.29 is 4.42 Å². The standard InChI is InChI=1S/C42H31N3O/c1-41(2)33-15-4-6-17-35(33)42(39-20-9-10-23-43-39,36-18-7-5-16-34(36)41)29-21-22-32-31-14-3-8-19-37(31)45(38(32)27-29)30-13-11-12-28(26-30)40-44-24-25-46-40/h3-27H,1-2H3. The van der Waals surface area contributed by atoms with Crippen molar-refractivity contribution in [3.8, 4) is 17.1 Å². The van der Waals surface area contributed by atoms with Gasteiger partial charge in [0, 0.05) is 33.6 Å². The van der Waals surface area contributed by atoms with Crippen molar-refractivity contribution in [3.63, 3.8) is 0 Å². The fraction of sp³-hybridized carbons (Fsp3) is 0.0952. The van der Waals surface area contributed by atoms with Crippen molar-refractivity contribution in [1.82, 2.24) is 14.5 Å². The van der Waals surface area contributed by atoms with Crippen LogP contribution in [0.1, 0.15) is 47.4 Å². The Balaban J connectivity index is 1.41. The molecule has 1 aliphatic carbocycles. The molecule has 0 unspecified atom stereocenters. The summed E-state index contributed by atoms with van der Waals surface area (Å²) in [5, 5.41) is 2.41. The number of benzene rings is 5. The number of para-hydroxylation sites is 1. The molecule has 4 nitrogen and oxygen atoms in total. The summed E-state index contributed by atoms with van der Waals surface area (Å²) in [7, 11) is 0. The van der Waals surface area contributed by atoms with Crippen LogP contribution in [0.4, 0.5) is 0 Å². The van der Waals surface area contributed by atoms with E-state index in [0.29, 0.717) is 5.89 Å². The summed E-state index contributed by atoms with van der Waals surface area (Å²) < 4.78 is 8.06. The molecule has 0 saturated carbocycles. The second-order valence-corrected chi connectivity index (χ2v) is 12.7. The highest BCUT2D eigenvalue weighted by atomic mass is 16.3. The first-order chi connectivity index (χ1) is 22.6. The first-order valence-corrected chi connectivity index (χ1v) is 15.7. The van der Waals surface area contributed by atoms with Gasteiger partial charge in [-0.2, -0.15) is 0 Å². The second-order valence-electron chi connectivity index (χ2n) is 12.7. The minimum absolute atomic E-state index is 0.176. The van der Waals surface area contributed by atoms with Crippen molar-refractivity contribution in [2.24, 2.45) is 0 Å². The molecule has 0 amide bonds. The van der Waals surface area contributed by atoms with E-state index >= 15 is 0 Å². The zero-order valence-electron chi connectivity index (χ0n) is 25.7. The number of nitrogens with zero attached hydrogens (tertiary/aromatic N) is 3. The number of aromatic nitrogens is 3. The van der Waals surface area contributed by atoms with Gasteiger partial charge in [-0.15, -0.1) is 0 Å². The third-order valence-corrected chi connectivity index (χ3v) is 9.95. The minimum Gasteiger partial charge on any atom is -0.445 e. The molecule has 0 atom stereocenters. The lowest BCUT2D eigenvalue weighted by molar-refractivity contribution is 0.552. The predicted molar refractivity (Wildman–Crippen MR) is 185 cm³/mol. The van der Waals surface area contributed by atoms with Crippen molar-refractivity contribution in [3.05, 3.63) is 186 Å². The Hall–Kier alpha value is -5.74. The highest BCUT2D eigenvalue weighted by molar-refractivity contribution is 6.09. The monoisotopic (exact) mass is 593 g/mol. The molecule has 0 bridgehead atoms. The number of hydrogen-bond donors (Lipinski definition) is 0. The average molecular weight is 594 g/mol. The Bertz CT molecular complexity index is 2350. The summed E-state index contributed by atoms with van der Waals surface area (Å²) in [5.41, 5.74) is 10.8. The third kappa shape index (κ3) is 3.61. The van der Waals surface area contributed by atoms with Crippen molar-refractivity contribution >= 4 is 21.8 Å². The lowest BCUT2D eigenvalue weighted by atomic mass is 9.55. The van der Waals surface area contributed by atoms with Crippen LogP contribution >= 0.6 is 0 Å². The van der Waals surface area contributed by atoms with E-state index in [9.17, 15) is 0 Å². The van der Waals surface area contributed by atoms with Gasteiger partial charge in [0.1, 0.15) is 6.26 Å². The average Bonchev–Trinajstić information content (AvgIpc) is 3.76. The maximum atomic E-state index is 5.68. The van der Waals surface area contributed by atoms with Crippen LogP contribution in [0.2, 0.25) is 0 Å². The number of pyridine rings is 1. The fourth-order valence-electron chi connectivity index (χ4n) is 7.95. The van der Waals surface area contributed by atoms with Gasteiger partial charge in [-0.1, -0.05) is 105 Å². The Kier molecular flexibility index (Phi) is 5.72. The van der Waals surface area contributed by atoms with E-state index in [0.717, 1.165) is 28.0 Å². The van der Waals surface area contributed by atoms with Crippen LogP contribution in [-0.2, 0) is 10.8 Å². The molecule has 46 heavy (non-hydrogen) atoms. The van der Waals surface area contributed by atoms with Crippen molar-refractivity contribution in [2.75, 3.05) is 0 Å². The predicted octanol–water partition coefficient (Wildman–Crippen LogP) is 9.86. The van der Waals surface area contributed by atoms with E-state index in [1.165, 1.54) is 38.6 Å². The summed E-state index contributed by atoms with van der Waals surface area (Å²) in [5.74, 6) is 0.607. The van der Waals surface area contributed by atoms with Gasteiger partial charge in [0.15, 0.2) is 0 Å². The molecule has 4 heteroatoms. The van der Waals surface area contributed by atoms with Gasteiger partial charge in [0.05, 0.1) is 28.3 Å². The van der Waals surface area contributed by atoms with E-state index in [2.05, 4.69) is 145 Å². The Labute approximate surface area is 267 Å². The molecule has 8 aromatic rings. The molecule has 3 heterocycles. The van der Waals surface area contributed by atoms with Crippen molar-refractivity contribution in [2.45, 2.75) is 24.7 Å². The molecule has 0 saturated heterocycles. The Morgan fingerprint density at radius 3 is 1.98 bits per heavy atom. The van der Waals surface area contributed by atoms with Crippen LogP contribution in [0.25, 0.3) is 38.9 Å². The Morgan fingerprint density at radius 2 is 1.26 bits per heavy atom. The van der Waals surface area contributed by atoms with E-state index in [1.54, 1.807) is 12.5 Å². The van der Waals surface area contributed by atoms with Crippen molar-refractivity contribution in [1.29, 1.82) is 0 Å². The molecule has 3 aromatic heterocycles. The molecular weight excluding hydrogens is 562 g/mol. The van der Waals surface area contributed by atoms with Crippen LogP contribution in [0.15, 0.2) is 157 Å². The largest absolute Gasteiger partial charge is 0.445 e. The van der Waals surface area contributed by atoms with Gasteiger partial charge in [-0.25, -0.2) is 4.98 Å². The van der Waals surface area contributed by atoms with Gasteiger partial charge in [0.2, 0.25) is 5.89 Å². The Morgan fingerprint density at radius 1 is 0.565 bits per heavy atom. The van der Waals surface area contributed by atoms with Gasteiger partial charge >= 0.3 is 0 Å². The summed E-state index contributed by atoms with van der Waals surface area (Å²) in [6.45, 7) is 4.68. The molecule has 220 valence electrons. The normalized spacial score (nSPS) is 14.7. The van der Waals surface area contributed by atoms with Gasteiger partial charge < -0.3 is 8.98 Å². The number of hydrogen-bond acceptors (Lipinski definition) is 3. The summed E-state index contributed by atoms with van der Waals surface area (Å²) >= 11 is 0. The molecule has 0 spiro atoms. The SMILES string of the molecule is CC1(C)c2ccccc2C(c2ccc3c4ccccc4n(-c4cccc(-c5ncco5)c4)c3c2)(c2ccccn2)c2ccccc21. The smallest absolute Gasteiger partial charge is 0.225 e. The molecule has 9 rings (SSSR count). The maximum absolute atomic E-state index is 5.68. The lowest BCUT2D eigenvalue weighted by Crippen LogP contribution is -2.42. The molecule has 0 radical (unpaired) electrons. The van der Waals surface area contributed by atoms with Gasteiger partial charge in [0.25, 0.3) is 0 Å². The number of rotatable bonds is 4. The minimum atomic E-state index is -0.626. The van der Waals surface area contributed by atoms with Gasteiger partial charge in [-0.3, -0.25) is 4.98 Å². The zero-order chi connectivity index (χ0) is 30.9. The van der Waals surface area contributed by atoms with Crippen LogP contribution in [0.3, 0.4) is 0 Å². The topological polar surface area (TPSA) is 43.9 Å². The first-order valence-electron chi connectivity index (χ1n) is 15.7. The second kappa shape index (κ2) is 9.88. The van der Waals surface area contributed by atoms with E-state index < -0.39 is 5.41 Å². The summed E-state index contributed by atoms with van der Waals surface area (Å²) in [6, 6.07) is 48.3. The molecule has 0 N–H and O–H groups in total. The first kappa shape index (κ1) is 26.6. The summed E-state index contributed by atoms with van der Waals surface area (Å²) in [6.07, 6.45) is 5.23. The fourth-order valence-corrected chi connectivity index (χ4v) is 7.95. The zero-order valence-corrected chi connectivity index (χ0v) is 25.7. The maximum Gasteiger partial charge on any atom is 0.225 e. The van der Waals surface area contributed by atoms with Crippen LogP contribution in [-0.4, -0.2) is 14.5 Å². The molecule has 0 fully saturated rings. The van der Waals surface area contributed by atoms with Crippen LogP contribution < -0.4 is 0 Å².